The summed E-state index contributed by atoms with van der Waals surface area (Å²) in [6.07, 6.45) is 7.41. The fraction of sp³-hybridized carbons (Fsp3) is 0.500. The molecule has 0 aliphatic heterocycles. The van der Waals surface area contributed by atoms with Crippen molar-refractivity contribution in [1.29, 1.82) is 0 Å². The Balaban J connectivity index is 1.50. The first-order valence-corrected chi connectivity index (χ1v) is 13.4. The van der Waals surface area contributed by atoms with Gasteiger partial charge in [0, 0.05) is 34.8 Å². The third kappa shape index (κ3) is 4.46. The Morgan fingerprint density at radius 2 is 1.97 bits per heavy atom. The van der Waals surface area contributed by atoms with Crippen LogP contribution in [0.25, 0.3) is 16.0 Å². The van der Waals surface area contributed by atoms with Crippen LogP contribution in [0.2, 0.25) is 0 Å². The van der Waals surface area contributed by atoms with Crippen LogP contribution in [0.15, 0.2) is 22.2 Å². The number of thioether (sulfide) groups is 1. The van der Waals surface area contributed by atoms with E-state index < -0.39 is 0 Å². The molecule has 0 atom stereocenters. The van der Waals surface area contributed by atoms with Crippen LogP contribution in [-0.4, -0.2) is 49.5 Å². The topological polar surface area (TPSA) is 68.3 Å². The zero-order chi connectivity index (χ0) is 23.1. The molecule has 0 amide bonds. The third-order valence-electron chi connectivity index (χ3n) is 6.19. The van der Waals surface area contributed by atoms with Crippen LogP contribution in [0.4, 0.5) is 0 Å². The highest BCUT2D eigenvalue weighted by atomic mass is 32.2. The fourth-order valence-electron chi connectivity index (χ4n) is 4.60. The minimum atomic E-state index is 0.129. The maximum Gasteiger partial charge on any atom is 0.263 e. The number of aromatic nitrogens is 5. The van der Waals surface area contributed by atoms with Crippen LogP contribution >= 0.6 is 23.1 Å². The van der Waals surface area contributed by atoms with Crippen molar-refractivity contribution in [2.75, 3.05) is 20.6 Å². The fourth-order valence-corrected chi connectivity index (χ4v) is 6.81. The van der Waals surface area contributed by atoms with Gasteiger partial charge in [-0.05, 0) is 78.2 Å². The average Bonchev–Trinajstić information content (AvgIpc) is 3.34. The number of aryl methyl sites for hydroxylation is 4. The van der Waals surface area contributed by atoms with Crippen molar-refractivity contribution in [1.82, 2.24) is 28.8 Å². The van der Waals surface area contributed by atoms with E-state index in [0.29, 0.717) is 12.3 Å². The van der Waals surface area contributed by atoms with E-state index in [1.54, 1.807) is 23.1 Å². The molecule has 0 saturated heterocycles. The lowest BCUT2D eigenvalue weighted by Gasteiger charge is -2.14. The van der Waals surface area contributed by atoms with Gasteiger partial charge in [0.05, 0.1) is 11.1 Å². The van der Waals surface area contributed by atoms with Gasteiger partial charge in [-0.3, -0.25) is 13.8 Å². The zero-order valence-corrected chi connectivity index (χ0v) is 21.4. The minimum absolute atomic E-state index is 0.129. The maximum atomic E-state index is 13.7. The van der Waals surface area contributed by atoms with Crippen molar-refractivity contribution >= 4 is 39.1 Å². The quantitative estimate of drug-likeness (QED) is 0.290. The second kappa shape index (κ2) is 9.19. The van der Waals surface area contributed by atoms with E-state index in [2.05, 4.69) is 37.0 Å². The molecule has 4 aromatic heterocycles. The summed E-state index contributed by atoms with van der Waals surface area (Å²) in [7, 11) is 4.13. The van der Waals surface area contributed by atoms with Crippen LogP contribution in [0.1, 0.15) is 46.8 Å². The molecule has 0 unspecified atom stereocenters. The normalized spacial score (nSPS) is 14.0. The molecule has 4 aromatic rings. The summed E-state index contributed by atoms with van der Waals surface area (Å²) in [5.41, 5.74) is 4.41. The zero-order valence-electron chi connectivity index (χ0n) is 19.7. The Bertz CT molecular complexity index is 1380. The van der Waals surface area contributed by atoms with Gasteiger partial charge in [-0.25, -0.2) is 15.0 Å². The smallest absolute Gasteiger partial charge is 0.263 e. The van der Waals surface area contributed by atoms with E-state index in [4.69, 9.17) is 9.97 Å². The first-order valence-electron chi connectivity index (χ1n) is 11.6. The standard InChI is InChI=1S/C24H30N6OS2/c1-15-12-16(2)30-13-17(26-23(30)25-15)14-32-24-27-21-20(18-8-5-6-9-19(18)33-21)22(31)29(24)11-7-10-28(3)4/h12-13H,5-11,14H2,1-4H3. The Kier molecular flexibility index (Phi) is 6.28. The molecule has 1 aliphatic rings. The van der Waals surface area contributed by atoms with Crippen molar-refractivity contribution in [2.45, 2.75) is 63.4 Å². The van der Waals surface area contributed by atoms with Crippen LogP contribution in [0, 0.1) is 13.8 Å². The van der Waals surface area contributed by atoms with Crippen LogP contribution in [-0.2, 0) is 25.1 Å². The Hall–Kier alpha value is -2.23. The molecular weight excluding hydrogens is 452 g/mol. The van der Waals surface area contributed by atoms with Gasteiger partial charge < -0.3 is 4.90 Å². The van der Waals surface area contributed by atoms with Crippen molar-refractivity contribution in [3.63, 3.8) is 0 Å². The molecule has 0 saturated carbocycles. The number of nitrogens with zero attached hydrogens (tertiary/aromatic N) is 6. The lowest BCUT2D eigenvalue weighted by Crippen LogP contribution is -2.25. The number of imidazole rings is 1. The second-order valence-corrected chi connectivity index (χ2v) is 11.2. The van der Waals surface area contributed by atoms with E-state index in [1.807, 2.05) is 22.1 Å². The molecular formula is C24H30N6OS2. The summed E-state index contributed by atoms with van der Waals surface area (Å²) in [6, 6.07) is 2.06. The summed E-state index contributed by atoms with van der Waals surface area (Å²) < 4.78 is 3.93. The summed E-state index contributed by atoms with van der Waals surface area (Å²) in [6.45, 7) is 5.67. The predicted molar refractivity (Wildman–Crippen MR) is 136 cm³/mol. The molecule has 0 bridgehead atoms. The molecule has 4 heterocycles. The predicted octanol–water partition coefficient (Wildman–Crippen LogP) is 4.24. The van der Waals surface area contributed by atoms with Gasteiger partial charge in [-0.2, -0.15) is 0 Å². The van der Waals surface area contributed by atoms with Gasteiger partial charge in [-0.1, -0.05) is 11.8 Å². The van der Waals surface area contributed by atoms with Crippen molar-refractivity contribution < 1.29 is 0 Å². The Morgan fingerprint density at radius 1 is 1.15 bits per heavy atom. The molecule has 0 aromatic carbocycles. The number of hydrogen-bond acceptors (Lipinski definition) is 7. The van der Waals surface area contributed by atoms with Gasteiger partial charge in [-0.15, -0.1) is 11.3 Å². The molecule has 1 aliphatic carbocycles. The number of hydrogen-bond donors (Lipinski definition) is 0. The summed E-state index contributed by atoms with van der Waals surface area (Å²) >= 11 is 3.32. The van der Waals surface area contributed by atoms with Crippen LogP contribution in [0.5, 0.6) is 0 Å². The third-order valence-corrected chi connectivity index (χ3v) is 8.38. The molecule has 7 nitrogen and oxygen atoms in total. The van der Waals surface area contributed by atoms with Crippen molar-refractivity contribution in [2.24, 2.45) is 0 Å². The van der Waals surface area contributed by atoms with Gasteiger partial charge in [0.15, 0.2) is 5.16 Å². The monoisotopic (exact) mass is 482 g/mol. The molecule has 9 heteroatoms. The number of fused-ring (bicyclic) bond motifs is 4. The highest BCUT2D eigenvalue weighted by Crippen LogP contribution is 2.35. The van der Waals surface area contributed by atoms with E-state index >= 15 is 0 Å². The van der Waals surface area contributed by atoms with Crippen LogP contribution in [0.3, 0.4) is 0 Å². The lowest BCUT2D eigenvalue weighted by atomic mass is 9.97. The highest BCUT2D eigenvalue weighted by Gasteiger charge is 2.22. The minimum Gasteiger partial charge on any atom is -0.309 e. The average molecular weight is 483 g/mol. The summed E-state index contributed by atoms with van der Waals surface area (Å²) in [5.74, 6) is 1.37. The van der Waals surface area contributed by atoms with E-state index in [1.165, 1.54) is 16.9 Å². The summed E-state index contributed by atoms with van der Waals surface area (Å²) in [4.78, 5) is 32.4. The Labute approximate surface area is 201 Å². The van der Waals surface area contributed by atoms with Crippen molar-refractivity contribution in [3.8, 4) is 0 Å². The molecule has 5 rings (SSSR count). The highest BCUT2D eigenvalue weighted by molar-refractivity contribution is 7.98. The summed E-state index contributed by atoms with van der Waals surface area (Å²) in [5, 5.41) is 1.66. The number of thiophene rings is 1. The molecule has 174 valence electrons. The van der Waals surface area contributed by atoms with E-state index in [9.17, 15) is 4.79 Å². The van der Waals surface area contributed by atoms with Gasteiger partial charge in [0.2, 0.25) is 5.78 Å². The van der Waals surface area contributed by atoms with Crippen LogP contribution < -0.4 is 5.56 Å². The maximum absolute atomic E-state index is 13.7. The SMILES string of the molecule is Cc1cc(C)n2cc(CSc3nc4sc5c(c4c(=O)n3CCCN(C)C)CCCC5)nc2n1. The van der Waals surface area contributed by atoms with E-state index in [-0.39, 0.29) is 5.56 Å². The second-order valence-electron chi connectivity index (χ2n) is 9.13. The molecule has 0 radical (unpaired) electrons. The Morgan fingerprint density at radius 3 is 2.79 bits per heavy atom. The van der Waals surface area contributed by atoms with Gasteiger partial charge in [0.25, 0.3) is 5.56 Å². The molecule has 0 spiro atoms. The molecule has 0 N–H and O–H groups in total. The van der Waals surface area contributed by atoms with Crippen molar-refractivity contribution in [3.05, 3.63) is 50.1 Å². The van der Waals surface area contributed by atoms with E-state index in [0.717, 1.165) is 70.5 Å². The number of rotatable bonds is 7. The first-order chi connectivity index (χ1) is 15.9. The first kappa shape index (κ1) is 22.6. The molecule has 0 fully saturated rings. The largest absolute Gasteiger partial charge is 0.309 e. The van der Waals surface area contributed by atoms with Gasteiger partial charge in [0.1, 0.15) is 4.83 Å². The lowest BCUT2D eigenvalue weighted by molar-refractivity contribution is 0.379. The van der Waals surface area contributed by atoms with Gasteiger partial charge >= 0.3 is 0 Å². The molecule has 33 heavy (non-hydrogen) atoms.